The lowest BCUT2D eigenvalue weighted by Gasteiger charge is -2.38. The normalized spacial score (nSPS) is 21.9. The third kappa shape index (κ3) is 6.05. The van der Waals surface area contributed by atoms with Crippen LogP contribution in [-0.4, -0.2) is 47.8 Å². The van der Waals surface area contributed by atoms with Gasteiger partial charge in [0.2, 0.25) is 5.95 Å². The predicted octanol–water partition coefficient (Wildman–Crippen LogP) is 6.16. The number of hydrogen-bond acceptors (Lipinski definition) is 5. The van der Waals surface area contributed by atoms with Crippen LogP contribution in [0.3, 0.4) is 0 Å². The molecule has 0 radical (unpaired) electrons. The summed E-state index contributed by atoms with van der Waals surface area (Å²) in [4.78, 5) is 14.6. The van der Waals surface area contributed by atoms with Crippen molar-refractivity contribution < 1.29 is 0 Å². The number of anilines is 3. The second kappa shape index (κ2) is 11.5. The maximum Gasteiger partial charge on any atom is 0.232 e. The highest BCUT2D eigenvalue weighted by atomic mass is 35.5. The molecule has 8 heteroatoms. The first kappa shape index (κ1) is 25.5. The molecule has 1 atom stereocenters. The molecule has 2 N–H and O–H groups in total. The standard InChI is InChI=1S/C28H39ClN6S/c1-21-8-7-17-35(19-21)25-18-24(34-15-5-6-16-34)31-26(32-25)33-27(36)30-20-28(13-3-2-4-14-28)22-9-11-23(29)12-10-22/h9-12,18,21H,2-8,13-17,19-20H2,1H3,(H2,30,31,32,33,36)/t21-/m1/s1. The van der Waals surface area contributed by atoms with Crippen LogP contribution in [0.5, 0.6) is 0 Å². The van der Waals surface area contributed by atoms with Crippen LogP contribution < -0.4 is 20.4 Å². The summed E-state index contributed by atoms with van der Waals surface area (Å²) in [5.74, 6) is 3.29. The number of aromatic nitrogens is 2. The lowest BCUT2D eigenvalue weighted by atomic mass is 9.69. The van der Waals surface area contributed by atoms with E-state index in [1.54, 1.807) is 0 Å². The molecule has 2 aliphatic heterocycles. The molecular formula is C28H39ClN6S. The molecule has 3 aliphatic rings. The fourth-order valence-electron chi connectivity index (χ4n) is 6.14. The number of hydrogen-bond donors (Lipinski definition) is 2. The maximum atomic E-state index is 6.18. The minimum absolute atomic E-state index is 0.0714. The van der Waals surface area contributed by atoms with Crippen LogP contribution in [0.25, 0.3) is 0 Å². The molecule has 194 valence electrons. The van der Waals surface area contributed by atoms with Gasteiger partial charge in [0.25, 0.3) is 0 Å². The van der Waals surface area contributed by atoms with Gasteiger partial charge < -0.3 is 20.4 Å². The van der Waals surface area contributed by atoms with Crippen LogP contribution in [-0.2, 0) is 5.41 Å². The molecular weight excluding hydrogens is 488 g/mol. The van der Waals surface area contributed by atoms with E-state index in [1.807, 2.05) is 12.1 Å². The van der Waals surface area contributed by atoms with E-state index in [0.29, 0.717) is 17.0 Å². The van der Waals surface area contributed by atoms with Gasteiger partial charge in [-0.25, -0.2) is 0 Å². The van der Waals surface area contributed by atoms with Gasteiger partial charge in [0.1, 0.15) is 11.6 Å². The minimum Gasteiger partial charge on any atom is -0.361 e. The van der Waals surface area contributed by atoms with Crippen LogP contribution in [0.1, 0.15) is 70.3 Å². The van der Waals surface area contributed by atoms with E-state index in [4.69, 9.17) is 33.8 Å². The lowest BCUT2D eigenvalue weighted by molar-refractivity contribution is 0.292. The van der Waals surface area contributed by atoms with E-state index < -0.39 is 0 Å². The summed E-state index contributed by atoms with van der Waals surface area (Å²) in [5.41, 5.74) is 1.41. The third-order valence-corrected chi connectivity index (χ3v) is 8.69. The molecule has 5 rings (SSSR count). The highest BCUT2D eigenvalue weighted by Crippen LogP contribution is 2.39. The number of nitrogens with one attached hydrogen (secondary N) is 2. The number of nitrogens with zero attached hydrogens (tertiary/aromatic N) is 4. The minimum atomic E-state index is 0.0714. The van der Waals surface area contributed by atoms with Gasteiger partial charge in [-0.1, -0.05) is 49.9 Å². The zero-order valence-corrected chi connectivity index (χ0v) is 23.0. The first-order chi connectivity index (χ1) is 17.5. The zero-order chi connectivity index (χ0) is 25.0. The van der Waals surface area contributed by atoms with Crippen molar-refractivity contribution >= 4 is 46.5 Å². The van der Waals surface area contributed by atoms with Crippen molar-refractivity contribution in [3.8, 4) is 0 Å². The van der Waals surface area contributed by atoms with Gasteiger partial charge in [-0.15, -0.1) is 0 Å². The fraction of sp³-hybridized carbons (Fsp3) is 0.607. The molecule has 1 aromatic heterocycles. The highest BCUT2D eigenvalue weighted by Gasteiger charge is 2.34. The molecule has 1 aliphatic carbocycles. The molecule has 0 unspecified atom stereocenters. The fourth-order valence-corrected chi connectivity index (χ4v) is 6.43. The Morgan fingerprint density at radius 3 is 2.33 bits per heavy atom. The highest BCUT2D eigenvalue weighted by molar-refractivity contribution is 7.80. The van der Waals surface area contributed by atoms with Crippen molar-refractivity contribution in [1.29, 1.82) is 0 Å². The van der Waals surface area contributed by atoms with Gasteiger partial charge in [-0.3, -0.25) is 0 Å². The van der Waals surface area contributed by atoms with Crippen molar-refractivity contribution in [3.63, 3.8) is 0 Å². The number of thiocarbonyl (C=S) groups is 1. The Bertz CT molecular complexity index is 1030. The van der Waals surface area contributed by atoms with Crippen LogP contribution in [0.4, 0.5) is 17.6 Å². The Morgan fingerprint density at radius 2 is 1.64 bits per heavy atom. The van der Waals surface area contributed by atoms with Crippen molar-refractivity contribution in [3.05, 3.63) is 40.9 Å². The van der Waals surface area contributed by atoms with Crippen LogP contribution in [0, 0.1) is 5.92 Å². The van der Waals surface area contributed by atoms with Gasteiger partial charge in [0.05, 0.1) is 0 Å². The van der Waals surface area contributed by atoms with E-state index in [2.05, 4.69) is 45.6 Å². The zero-order valence-electron chi connectivity index (χ0n) is 21.4. The molecule has 3 heterocycles. The van der Waals surface area contributed by atoms with E-state index in [-0.39, 0.29) is 5.41 Å². The largest absolute Gasteiger partial charge is 0.361 e. The Balaban J connectivity index is 1.31. The summed E-state index contributed by atoms with van der Waals surface area (Å²) in [6.07, 6.45) is 11.0. The molecule has 0 spiro atoms. The Hall–Kier alpha value is -2.12. The molecule has 36 heavy (non-hydrogen) atoms. The van der Waals surface area contributed by atoms with Crippen molar-refractivity contribution in [1.82, 2.24) is 15.3 Å². The Morgan fingerprint density at radius 1 is 0.972 bits per heavy atom. The van der Waals surface area contributed by atoms with Crippen molar-refractivity contribution in [2.24, 2.45) is 5.92 Å². The SMILES string of the molecule is C[C@@H]1CCCN(c2cc(N3CCCC3)nc(NC(=S)NCC3(c4ccc(Cl)cc4)CCCCC3)n2)C1. The number of piperidine rings is 1. The second-order valence-electron chi connectivity index (χ2n) is 11.0. The smallest absolute Gasteiger partial charge is 0.232 e. The molecule has 0 amide bonds. The summed E-state index contributed by atoms with van der Waals surface area (Å²) in [6, 6.07) is 10.5. The Kier molecular flexibility index (Phi) is 8.16. The average molecular weight is 527 g/mol. The number of benzene rings is 1. The summed E-state index contributed by atoms with van der Waals surface area (Å²) in [6.45, 7) is 7.32. The predicted molar refractivity (Wildman–Crippen MR) is 155 cm³/mol. The Labute approximate surface area is 226 Å². The monoisotopic (exact) mass is 526 g/mol. The topological polar surface area (TPSA) is 56.3 Å². The second-order valence-corrected chi connectivity index (χ2v) is 11.8. The third-order valence-electron chi connectivity index (χ3n) is 8.19. The summed E-state index contributed by atoms with van der Waals surface area (Å²) in [5, 5.41) is 8.24. The molecule has 2 aromatic rings. The van der Waals surface area contributed by atoms with E-state index >= 15 is 0 Å². The van der Waals surface area contributed by atoms with Gasteiger partial charge in [-0.2, -0.15) is 9.97 Å². The van der Waals surface area contributed by atoms with Crippen LogP contribution >= 0.6 is 23.8 Å². The van der Waals surface area contributed by atoms with E-state index in [1.165, 1.54) is 50.5 Å². The van der Waals surface area contributed by atoms with Crippen molar-refractivity contribution in [2.75, 3.05) is 47.8 Å². The van der Waals surface area contributed by atoms with Gasteiger partial charge in [0, 0.05) is 49.2 Å². The van der Waals surface area contributed by atoms with Crippen LogP contribution in [0.2, 0.25) is 5.02 Å². The van der Waals surface area contributed by atoms with Crippen molar-refractivity contribution in [2.45, 2.75) is 70.1 Å². The lowest BCUT2D eigenvalue weighted by Crippen LogP contribution is -2.43. The van der Waals surface area contributed by atoms with Crippen LogP contribution in [0.15, 0.2) is 30.3 Å². The molecule has 3 fully saturated rings. The molecule has 6 nitrogen and oxygen atoms in total. The van der Waals surface area contributed by atoms with Gasteiger partial charge in [0.15, 0.2) is 5.11 Å². The van der Waals surface area contributed by atoms with Gasteiger partial charge >= 0.3 is 0 Å². The average Bonchev–Trinajstić information content (AvgIpc) is 3.44. The molecule has 1 saturated carbocycles. The van der Waals surface area contributed by atoms with Gasteiger partial charge in [-0.05, 0) is 74.4 Å². The maximum absolute atomic E-state index is 6.18. The molecule has 1 aromatic carbocycles. The molecule has 0 bridgehead atoms. The van der Waals surface area contributed by atoms with E-state index in [9.17, 15) is 0 Å². The molecule has 2 saturated heterocycles. The summed E-state index contributed by atoms with van der Waals surface area (Å²) >= 11 is 12.0. The number of halogens is 1. The first-order valence-corrected chi connectivity index (χ1v) is 14.5. The summed E-state index contributed by atoms with van der Waals surface area (Å²) < 4.78 is 0. The number of rotatable bonds is 6. The quantitative estimate of drug-likeness (QED) is 0.437. The first-order valence-electron chi connectivity index (χ1n) is 13.7. The summed E-state index contributed by atoms with van der Waals surface area (Å²) in [7, 11) is 0. The van der Waals surface area contributed by atoms with E-state index in [0.717, 1.165) is 62.2 Å².